The molecule has 0 atom stereocenters. The molecule has 16 nitrogen and oxygen atoms in total. The molecule has 0 spiro atoms. The Labute approximate surface area is 323 Å². The van der Waals surface area contributed by atoms with Gasteiger partial charge in [-0.2, -0.15) is 15.2 Å². The zero-order valence-electron chi connectivity index (χ0n) is 31.9. The Kier molecular flexibility index (Phi) is 12.3. The number of nitrogens with zero attached hydrogens (tertiary/aromatic N) is 8. The number of benzene rings is 2. The van der Waals surface area contributed by atoms with E-state index >= 15 is 4.39 Å². The highest BCUT2D eigenvalue weighted by Gasteiger charge is 2.23. The number of hydrogen-bond donors (Lipinski definition) is 2. The van der Waals surface area contributed by atoms with E-state index in [0.717, 1.165) is 9.13 Å². The first kappa shape index (κ1) is 41.4. The van der Waals surface area contributed by atoms with Crippen LogP contribution in [0.5, 0.6) is 0 Å². The van der Waals surface area contributed by atoms with Crippen molar-refractivity contribution in [3.05, 3.63) is 91.1 Å². The normalized spacial score (nSPS) is 11.9. The van der Waals surface area contributed by atoms with E-state index in [1.165, 1.54) is 11.0 Å². The van der Waals surface area contributed by atoms with Gasteiger partial charge in [0.15, 0.2) is 11.6 Å². The Hall–Kier alpha value is -5.72. The number of amides is 1. The SMILES string of the molecule is Cn1cc2c(CCNC(=O)OC(C)(C)C)c(Nc3nc(=O)n(Cc4ncnn4CCCC(=O)OC(C)(C)C)c(=O)n3Cc3cc(F)c(F)cc3F)c(Cl)cc2n1. The Morgan fingerprint density at radius 1 is 0.929 bits per heavy atom. The average molecular weight is 803 g/mol. The smallest absolute Gasteiger partial charge is 0.407 e. The van der Waals surface area contributed by atoms with Crippen LogP contribution in [0.1, 0.15) is 71.3 Å². The van der Waals surface area contributed by atoms with Crippen molar-refractivity contribution in [3.8, 4) is 0 Å². The molecule has 0 bridgehead atoms. The monoisotopic (exact) mass is 802 g/mol. The lowest BCUT2D eigenvalue weighted by Gasteiger charge is -2.21. The molecule has 0 aliphatic rings. The molecule has 3 heterocycles. The van der Waals surface area contributed by atoms with E-state index in [9.17, 15) is 28.0 Å². The summed E-state index contributed by atoms with van der Waals surface area (Å²) in [6.07, 6.45) is 2.77. The van der Waals surface area contributed by atoms with Crippen LogP contribution in [-0.2, 0) is 47.4 Å². The predicted molar refractivity (Wildman–Crippen MR) is 199 cm³/mol. The molecule has 0 aliphatic carbocycles. The molecule has 0 radical (unpaired) electrons. The maximum atomic E-state index is 15.1. The van der Waals surface area contributed by atoms with E-state index in [4.69, 9.17) is 21.1 Å². The number of nitrogens with one attached hydrogen (secondary N) is 2. The highest BCUT2D eigenvalue weighted by molar-refractivity contribution is 6.34. The number of esters is 1. The van der Waals surface area contributed by atoms with Gasteiger partial charge < -0.3 is 20.1 Å². The average Bonchev–Trinajstić information content (AvgIpc) is 3.67. The van der Waals surface area contributed by atoms with Gasteiger partial charge in [-0.25, -0.2) is 41.8 Å². The number of aromatic nitrogens is 8. The number of halogens is 4. The molecule has 0 saturated carbocycles. The fourth-order valence-corrected chi connectivity index (χ4v) is 5.95. The summed E-state index contributed by atoms with van der Waals surface area (Å²) in [5.74, 6) is -4.63. The molecule has 20 heteroatoms. The lowest BCUT2D eigenvalue weighted by Crippen LogP contribution is -2.43. The second kappa shape index (κ2) is 16.6. The summed E-state index contributed by atoms with van der Waals surface area (Å²) in [4.78, 5) is 60.8. The first-order valence-electron chi connectivity index (χ1n) is 17.5. The summed E-state index contributed by atoms with van der Waals surface area (Å²) in [5.41, 5.74) is -2.74. The van der Waals surface area contributed by atoms with Crippen LogP contribution < -0.4 is 22.0 Å². The van der Waals surface area contributed by atoms with Crippen LogP contribution in [0.4, 0.5) is 29.6 Å². The van der Waals surface area contributed by atoms with Gasteiger partial charge in [0.25, 0.3) is 0 Å². The Morgan fingerprint density at radius 3 is 2.32 bits per heavy atom. The van der Waals surface area contributed by atoms with Gasteiger partial charge in [0.05, 0.1) is 29.3 Å². The number of alkyl carbamates (subject to hydrolysis) is 1. The molecule has 2 aromatic carbocycles. The zero-order valence-corrected chi connectivity index (χ0v) is 32.6. The molecule has 0 unspecified atom stereocenters. The molecule has 0 saturated heterocycles. The summed E-state index contributed by atoms with van der Waals surface area (Å²) in [6, 6.07) is 2.48. The van der Waals surface area contributed by atoms with Gasteiger partial charge >= 0.3 is 23.4 Å². The highest BCUT2D eigenvalue weighted by atomic mass is 35.5. The molecule has 5 aromatic rings. The summed E-state index contributed by atoms with van der Waals surface area (Å²) >= 11 is 6.77. The fraction of sp³-hybridized carbons (Fsp3) is 0.444. The standard InChI is InChI=1S/C36H42ClF3N10O6/c1-35(2,3)55-29(51)9-8-12-50-28(42-19-43-50)18-49-32(52)45-31(48(34(49)54)16-20-13-25(39)26(40)15-24(20)38)44-30-21(10-11-41-33(53)56-36(4,5)6)22-17-47(7)46-27(22)14-23(30)37/h13-15,17,19H,8-12,16,18H2,1-7H3,(H,41,53)(H,44,45,52). The summed E-state index contributed by atoms with van der Waals surface area (Å²) < 4.78 is 58.6. The molecule has 2 N–H and O–H groups in total. The van der Waals surface area contributed by atoms with Crippen LogP contribution in [0.15, 0.2) is 40.3 Å². The third-order valence-electron chi connectivity index (χ3n) is 8.00. The lowest BCUT2D eigenvalue weighted by molar-refractivity contribution is -0.155. The molecule has 1 amide bonds. The number of ether oxygens (including phenoxy) is 2. The number of anilines is 2. The Balaban J connectivity index is 1.54. The molecule has 3 aromatic heterocycles. The highest BCUT2D eigenvalue weighted by Crippen LogP contribution is 2.35. The first-order chi connectivity index (χ1) is 26.2. The van der Waals surface area contributed by atoms with Crippen molar-refractivity contribution < 1.29 is 32.2 Å². The minimum Gasteiger partial charge on any atom is -0.460 e. The van der Waals surface area contributed by atoms with Crippen LogP contribution in [0.2, 0.25) is 5.02 Å². The summed E-state index contributed by atoms with van der Waals surface area (Å²) in [5, 5.41) is 14.9. The fourth-order valence-electron chi connectivity index (χ4n) is 5.69. The molecule has 300 valence electrons. The molecule has 56 heavy (non-hydrogen) atoms. The number of rotatable bonds is 13. The van der Waals surface area contributed by atoms with Crippen molar-refractivity contribution in [2.24, 2.45) is 7.05 Å². The Bertz CT molecular complexity index is 2390. The number of carbonyl (C=O) groups excluding carboxylic acids is 2. The quantitative estimate of drug-likeness (QED) is 0.121. The van der Waals surface area contributed by atoms with Gasteiger partial charge in [-0.15, -0.1) is 0 Å². The minimum atomic E-state index is -1.44. The van der Waals surface area contributed by atoms with E-state index in [-0.39, 0.29) is 42.5 Å². The van der Waals surface area contributed by atoms with Gasteiger partial charge in [0, 0.05) is 49.8 Å². The summed E-state index contributed by atoms with van der Waals surface area (Å²) in [6.45, 7) is 9.51. The van der Waals surface area contributed by atoms with E-state index in [0.29, 0.717) is 35.0 Å². The number of aryl methyl sites for hydroxylation is 2. The molecule has 0 fully saturated rings. The zero-order chi connectivity index (χ0) is 41.1. The third-order valence-corrected chi connectivity index (χ3v) is 8.30. The van der Waals surface area contributed by atoms with E-state index in [1.807, 2.05) is 0 Å². The van der Waals surface area contributed by atoms with Gasteiger partial charge in [-0.05, 0) is 72.1 Å². The summed E-state index contributed by atoms with van der Waals surface area (Å²) in [7, 11) is 1.70. The number of hydrogen-bond acceptors (Lipinski definition) is 11. The topological polar surface area (TPSA) is 182 Å². The van der Waals surface area contributed by atoms with Gasteiger partial charge in [-0.3, -0.25) is 14.0 Å². The maximum absolute atomic E-state index is 15.1. The van der Waals surface area contributed by atoms with E-state index in [2.05, 4.69) is 30.8 Å². The van der Waals surface area contributed by atoms with Crippen molar-refractivity contribution in [2.45, 2.75) is 91.6 Å². The molecule has 5 rings (SSSR count). The third kappa shape index (κ3) is 10.3. The van der Waals surface area contributed by atoms with Crippen molar-refractivity contribution in [1.29, 1.82) is 0 Å². The van der Waals surface area contributed by atoms with Crippen molar-refractivity contribution in [3.63, 3.8) is 0 Å². The van der Waals surface area contributed by atoms with E-state index < -0.39 is 76.7 Å². The second-order valence-electron chi connectivity index (χ2n) is 14.9. The van der Waals surface area contributed by atoms with Crippen LogP contribution in [0.3, 0.4) is 0 Å². The minimum absolute atomic E-state index is 0.0638. The largest absolute Gasteiger partial charge is 0.460 e. The van der Waals surface area contributed by atoms with Gasteiger partial charge in [-0.1, -0.05) is 11.6 Å². The second-order valence-corrected chi connectivity index (χ2v) is 15.3. The van der Waals surface area contributed by atoms with Gasteiger partial charge in [0.1, 0.15) is 29.2 Å². The lowest BCUT2D eigenvalue weighted by atomic mass is 10.0. The van der Waals surface area contributed by atoms with E-state index in [1.54, 1.807) is 65.5 Å². The van der Waals surface area contributed by atoms with Crippen molar-refractivity contribution in [1.82, 2.24) is 44.0 Å². The first-order valence-corrected chi connectivity index (χ1v) is 17.9. The van der Waals surface area contributed by atoms with Crippen molar-refractivity contribution in [2.75, 3.05) is 11.9 Å². The van der Waals surface area contributed by atoms with Crippen LogP contribution in [0.25, 0.3) is 10.9 Å². The van der Waals surface area contributed by atoms with Crippen LogP contribution >= 0.6 is 11.6 Å². The number of fused-ring (bicyclic) bond motifs is 1. The Morgan fingerprint density at radius 2 is 1.62 bits per heavy atom. The van der Waals surface area contributed by atoms with Gasteiger partial charge in [0.2, 0.25) is 5.95 Å². The van der Waals surface area contributed by atoms with Crippen LogP contribution in [0, 0.1) is 17.5 Å². The molecular formula is C36H42ClF3N10O6. The predicted octanol–water partition coefficient (Wildman–Crippen LogP) is 4.98. The molecule has 0 aliphatic heterocycles. The molecular weight excluding hydrogens is 761 g/mol. The number of carbonyl (C=O) groups is 2. The maximum Gasteiger partial charge on any atom is 0.407 e. The van der Waals surface area contributed by atoms with Crippen LogP contribution in [-0.4, -0.2) is 68.5 Å². The van der Waals surface area contributed by atoms with Crippen molar-refractivity contribution >= 4 is 46.2 Å².